The average Bonchev–Trinajstić information content (AvgIpc) is 3.62. The summed E-state index contributed by atoms with van der Waals surface area (Å²) in [7, 11) is 1.75. The van der Waals surface area contributed by atoms with Crippen LogP contribution in [0.15, 0.2) is 83.6 Å². The van der Waals surface area contributed by atoms with E-state index in [4.69, 9.17) is 0 Å². The molecular weight excluding hydrogens is 502 g/mol. The molecule has 0 aliphatic rings. The first kappa shape index (κ1) is 31.5. The molecule has 7 heteroatoms. The molecule has 1 amide bonds. The molecule has 0 atom stereocenters. The van der Waals surface area contributed by atoms with Crippen LogP contribution in [0.4, 0.5) is 5.69 Å². The molecule has 39 heavy (non-hydrogen) atoms. The van der Waals surface area contributed by atoms with Gasteiger partial charge in [0.15, 0.2) is 0 Å². The van der Waals surface area contributed by atoms with E-state index in [-0.39, 0.29) is 5.91 Å². The molecule has 0 aliphatic heterocycles. The highest BCUT2D eigenvalue weighted by atomic mass is 32.1. The predicted octanol–water partition coefficient (Wildman–Crippen LogP) is 7.60. The number of hydrogen-bond donors (Lipinski definition) is 3. The largest absolute Gasteiger partial charge is 0.373 e. The van der Waals surface area contributed by atoms with Gasteiger partial charge in [-0.25, -0.2) is 4.98 Å². The van der Waals surface area contributed by atoms with Gasteiger partial charge in [-0.2, -0.15) is 0 Å². The maximum absolute atomic E-state index is 11.9. The van der Waals surface area contributed by atoms with Gasteiger partial charge >= 0.3 is 0 Å². The van der Waals surface area contributed by atoms with Gasteiger partial charge in [0.2, 0.25) is 5.91 Å². The van der Waals surface area contributed by atoms with E-state index in [2.05, 4.69) is 76.7 Å². The number of allylic oxidation sites excluding steroid dienone is 1. The molecule has 4 rings (SSSR count). The van der Waals surface area contributed by atoms with Crippen LogP contribution in [0, 0.1) is 0 Å². The molecule has 0 fully saturated rings. The zero-order valence-corrected chi connectivity index (χ0v) is 24.8. The summed E-state index contributed by atoms with van der Waals surface area (Å²) in [6.07, 6.45) is 12.4. The molecule has 0 radical (unpaired) electrons. The van der Waals surface area contributed by atoms with Crippen LogP contribution in [0.5, 0.6) is 0 Å². The lowest BCUT2D eigenvalue weighted by molar-refractivity contribution is -0.115. The number of amides is 1. The Balaban J connectivity index is 0.000000226. The van der Waals surface area contributed by atoms with Gasteiger partial charge in [0, 0.05) is 42.1 Å². The topological polar surface area (TPSA) is 82.2 Å². The number of unbranched alkanes of at least 4 members (excludes halogenated alkanes) is 1. The Morgan fingerprint density at radius 3 is 2.62 bits per heavy atom. The van der Waals surface area contributed by atoms with Gasteiger partial charge < -0.3 is 15.6 Å². The summed E-state index contributed by atoms with van der Waals surface area (Å²) in [5.41, 5.74) is 4.79. The lowest BCUT2D eigenvalue weighted by Crippen LogP contribution is -2.13. The smallest absolute Gasteiger partial charge is 0.229 e. The Morgan fingerprint density at radius 2 is 1.92 bits per heavy atom. The van der Waals surface area contributed by atoms with Crippen molar-refractivity contribution in [1.29, 1.82) is 0 Å². The second-order valence-electron chi connectivity index (χ2n) is 9.07. The first-order valence-electron chi connectivity index (χ1n) is 13.6. The van der Waals surface area contributed by atoms with Gasteiger partial charge in [-0.15, -0.1) is 11.3 Å². The van der Waals surface area contributed by atoms with Crippen molar-refractivity contribution in [3.63, 3.8) is 0 Å². The van der Waals surface area contributed by atoms with Crippen molar-refractivity contribution in [2.24, 2.45) is 4.99 Å². The number of rotatable bonds is 10. The van der Waals surface area contributed by atoms with Crippen LogP contribution < -0.4 is 10.6 Å². The fourth-order valence-electron chi connectivity index (χ4n) is 3.48. The Kier molecular flexibility index (Phi) is 15.0. The predicted molar refractivity (Wildman–Crippen MR) is 169 cm³/mol. The molecule has 4 aromatic rings. The molecule has 2 heterocycles. The number of fused-ring (bicyclic) bond motifs is 1. The maximum Gasteiger partial charge on any atom is 0.229 e. The quantitative estimate of drug-likeness (QED) is 0.109. The van der Waals surface area contributed by atoms with Crippen LogP contribution in [0.1, 0.15) is 56.0 Å². The number of hydrogen-bond acceptors (Lipinski definition) is 4. The minimum Gasteiger partial charge on any atom is -0.373 e. The number of carbonyl (C=O) groups excluding carboxylic acids is 1. The van der Waals surface area contributed by atoms with E-state index in [1.54, 1.807) is 24.7 Å². The fourth-order valence-corrected chi connectivity index (χ4v) is 4.44. The zero-order valence-electron chi connectivity index (χ0n) is 24.0. The third-order valence-corrected chi connectivity index (χ3v) is 6.92. The molecule has 0 saturated heterocycles. The van der Waals surface area contributed by atoms with Gasteiger partial charge in [-0.3, -0.25) is 9.79 Å². The van der Waals surface area contributed by atoms with E-state index in [0.717, 1.165) is 41.4 Å². The fraction of sp³-hybridized carbons (Fsp3) is 0.344. The number of aromatic nitrogens is 2. The van der Waals surface area contributed by atoms with E-state index >= 15 is 0 Å². The van der Waals surface area contributed by atoms with Crippen molar-refractivity contribution in [3.05, 3.63) is 94.1 Å². The van der Waals surface area contributed by atoms with Crippen LogP contribution in [0.3, 0.4) is 0 Å². The van der Waals surface area contributed by atoms with E-state index < -0.39 is 0 Å². The highest BCUT2D eigenvalue weighted by molar-refractivity contribution is 7.11. The summed E-state index contributed by atoms with van der Waals surface area (Å²) < 4.78 is 0. The van der Waals surface area contributed by atoms with Crippen molar-refractivity contribution in [1.82, 2.24) is 15.3 Å². The third-order valence-electron chi connectivity index (χ3n) is 5.86. The molecule has 0 saturated carbocycles. The highest BCUT2D eigenvalue weighted by Gasteiger charge is 2.07. The van der Waals surface area contributed by atoms with Crippen LogP contribution in [0.25, 0.3) is 10.9 Å². The second-order valence-corrected chi connectivity index (χ2v) is 10.3. The van der Waals surface area contributed by atoms with Gasteiger partial charge in [0.05, 0.1) is 17.8 Å². The molecule has 0 spiro atoms. The van der Waals surface area contributed by atoms with E-state index in [9.17, 15) is 4.79 Å². The van der Waals surface area contributed by atoms with Crippen molar-refractivity contribution < 1.29 is 4.79 Å². The number of para-hydroxylation sites is 1. The average molecular weight is 546 g/mol. The van der Waals surface area contributed by atoms with Crippen LogP contribution in [-0.4, -0.2) is 35.8 Å². The number of aromatic amines is 1. The highest BCUT2D eigenvalue weighted by Crippen LogP contribution is 2.17. The number of benzene rings is 2. The van der Waals surface area contributed by atoms with E-state index in [1.807, 2.05) is 49.6 Å². The minimum absolute atomic E-state index is 0.0110. The van der Waals surface area contributed by atoms with Crippen molar-refractivity contribution in [2.75, 3.05) is 18.9 Å². The molecule has 208 valence electrons. The van der Waals surface area contributed by atoms with E-state index in [1.165, 1.54) is 28.5 Å². The number of aryl methyl sites for hydroxylation is 2. The minimum atomic E-state index is 0.0110. The second kappa shape index (κ2) is 18.5. The monoisotopic (exact) mass is 545 g/mol. The number of anilines is 1. The third kappa shape index (κ3) is 12.6. The Morgan fingerprint density at radius 1 is 1.13 bits per heavy atom. The Bertz CT molecular complexity index is 1290. The molecule has 0 aliphatic carbocycles. The number of H-pyrrole nitrogens is 1. The number of aliphatic imine (C=N–C) groups is 1. The maximum atomic E-state index is 11.9. The lowest BCUT2D eigenvalue weighted by atomic mass is 10.1. The van der Waals surface area contributed by atoms with Gasteiger partial charge in [-0.1, -0.05) is 56.2 Å². The molecule has 6 nitrogen and oxygen atoms in total. The Labute approximate surface area is 237 Å². The molecule has 2 aromatic carbocycles. The standard InChI is InChI=1S/C15H18N2OS.C10H11N.C7H14N2/c1-2-3-9-15-16-11-13(19-15)10-14(18)17-12-7-5-4-6-8-12;1-2-8-3-4-10-9(7-8)5-6-11-10;1-4-7(2)5-9-6-8-3/h4-8,11H,2-3,9-10H2,1H3,(H,17,18);3-7,11H,2H2,1H3;4,6H,5H2,1-3H3,(H,8,9)/b;;7-4+. The first-order valence-corrected chi connectivity index (χ1v) is 14.4. The number of carbonyl (C=O) groups is 1. The summed E-state index contributed by atoms with van der Waals surface area (Å²) in [5, 5.41) is 8.35. The van der Waals surface area contributed by atoms with Crippen molar-refractivity contribution >= 4 is 40.2 Å². The molecule has 3 N–H and O–H groups in total. The summed E-state index contributed by atoms with van der Waals surface area (Å²) in [4.78, 5) is 24.2. The van der Waals surface area contributed by atoms with Crippen molar-refractivity contribution in [3.8, 4) is 0 Å². The molecular formula is C32H43N5OS. The summed E-state index contributed by atoms with van der Waals surface area (Å²) >= 11 is 1.64. The normalized spacial score (nSPS) is 10.9. The number of nitrogens with zero attached hydrogens (tertiary/aromatic N) is 2. The van der Waals surface area contributed by atoms with Gasteiger partial charge in [-0.05, 0) is 74.4 Å². The SMILES string of the molecule is C/C=C(\C)CNC=NC.CCCCc1ncc(CC(=O)Nc2ccccc2)s1.CCc1ccc2[nH]ccc2c1. The molecule has 0 bridgehead atoms. The summed E-state index contributed by atoms with van der Waals surface area (Å²) in [5.74, 6) is 0.0110. The van der Waals surface area contributed by atoms with E-state index in [0.29, 0.717) is 6.42 Å². The lowest BCUT2D eigenvalue weighted by Gasteiger charge is -2.02. The molecule has 2 aromatic heterocycles. The summed E-state index contributed by atoms with van der Waals surface area (Å²) in [6, 6.07) is 18.1. The summed E-state index contributed by atoms with van der Waals surface area (Å²) in [6.45, 7) is 9.35. The molecule has 0 unspecified atom stereocenters. The van der Waals surface area contributed by atoms with Crippen molar-refractivity contribution in [2.45, 2.75) is 59.8 Å². The first-order chi connectivity index (χ1) is 19.0. The zero-order chi connectivity index (χ0) is 28.3. The van der Waals surface area contributed by atoms with Gasteiger partial charge in [0.1, 0.15) is 0 Å². The van der Waals surface area contributed by atoms with Crippen LogP contribution in [-0.2, 0) is 24.1 Å². The number of nitrogens with one attached hydrogen (secondary N) is 3. The number of thiazole rings is 1. The van der Waals surface area contributed by atoms with Gasteiger partial charge in [0.25, 0.3) is 0 Å². The van der Waals surface area contributed by atoms with Crippen LogP contribution in [0.2, 0.25) is 0 Å². The Hall–Kier alpha value is -3.71. The van der Waals surface area contributed by atoms with Crippen LogP contribution >= 0.6 is 11.3 Å².